The second-order valence-electron chi connectivity index (χ2n) is 4.62. The minimum Gasteiger partial charge on any atom is -0.370 e. The number of carbonyl (C=O) groups is 1. The van der Waals surface area contributed by atoms with Crippen molar-refractivity contribution in [3.8, 4) is 0 Å². The van der Waals surface area contributed by atoms with Crippen LogP contribution in [0, 0.1) is 0 Å². The lowest BCUT2D eigenvalue weighted by atomic mass is 10.00. The quantitative estimate of drug-likeness (QED) is 0.868. The first-order valence-electron chi connectivity index (χ1n) is 5.27. The number of halogens is 2. The fourth-order valence-electron chi connectivity index (χ4n) is 1.51. The SMILES string of the molecule is CC(C)(CC(N)=O)NCc1cc(Cl)ccc1Cl. The lowest BCUT2D eigenvalue weighted by Gasteiger charge is -2.25. The molecule has 0 unspecified atom stereocenters. The zero-order valence-corrected chi connectivity index (χ0v) is 11.4. The molecule has 0 fully saturated rings. The van der Waals surface area contributed by atoms with E-state index in [1.54, 1.807) is 18.2 Å². The summed E-state index contributed by atoms with van der Waals surface area (Å²) in [6.45, 7) is 4.37. The molecular weight excluding hydrogens is 259 g/mol. The van der Waals surface area contributed by atoms with Gasteiger partial charge in [-0.2, -0.15) is 0 Å². The zero-order chi connectivity index (χ0) is 13.1. The monoisotopic (exact) mass is 274 g/mol. The maximum absolute atomic E-state index is 10.9. The molecule has 0 heterocycles. The largest absolute Gasteiger partial charge is 0.370 e. The first-order chi connectivity index (χ1) is 7.80. The van der Waals surface area contributed by atoms with Crippen LogP contribution in [-0.4, -0.2) is 11.4 Å². The number of benzene rings is 1. The lowest BCUT2D eigenvalue weighted by molar-refractivity contribution is -0.119. The summed E-state index contributed by atoms with van der Waals surface area (Å²) in [5.74, 6) is -0.334. The van der Waals surface area contributed by atoms with Gasteiger partial charge in [0.2, 0.25) is 5.91 Å². The first-order valence-corrected chi connectivity index (χ1v) is 6.03. The molecule has 0 saturated carbocycles. The van der Waals surface area contributed by atoms with E-state index < -0.39 is 0 Å². The van der Waals surface area contributed by atoms with Gasteiger partial charge >= 0.3 is 0 Å². The summed E-state index contributed by atoms with van der Waals surface area (Å²) < 4.78 is 0. The van der Waals surface area contributed by atoms with Crippen LogP contribution in [0.1, 0.15) is 25.8 Å². The Kier molecular flexibility index (Phi) is 4.80. The summed E-state index contributed by atoms with van der Waals surface area (Å²) in [6.07, 6.45) is 0.269. The Morgan fingerprint density at radius 3 is 2.65 bits per heavy atom. The minimum atomic E-state index is -0.364. The lowest BCUT2D eigenvalue weighted by Crippen LogP contribution is -2.42. The molecule has 0 radical (unpaired) electrons. The van der Waals surface area contributed by atoms with Crippen LogP contribution in [-0.2, 0) is 11.3 Å². The van der Waals surface area contributed by atoms with Gasteiger partial charge in [0.25, 0.3) is 0 Å². The molecule has 1 aromatic rings. The highest BCUT2D eigenvalue weighted by Crippen LogP contribution is 2.21. The van der Waals surface area contributed by atoms with Crippen molar-refractivity contribution in [3.05, 3.63) is 33.8 Å². The summed E-state index contributed by atoms with van der Waals surface area (Å²) >= 11 is 11.9. The van der Waals surface area contributed by atoms with Gasteiger partial charge in [-0.15, -0.1) is 0 Å². The van der Waals surface area contributed by atoms with Gasteiger partial charge in [-0.25, -0.2) is 0 Å². The first kappa shape index (κ1) is 14.3. The Morgan fingerprint density at radius 1 is 1.41 bits per heavy atom. The Labute approximate surface area is 111 Å². The van der Waals surface area contributed by atoms with E-state index in [2.05, 4.69) is 5.32 Å². The summed E-state index contributed by atoms with van der Waals surface area (Å²) in [5, 5.41) is 4.52. The number of nitrogens with two attached hydrogens (primary N) is 1. The van der Waals surface area contributed by atoms with Crippen LogP contribution < -0.4 is 11.1 Å². The van der Waals surface area contributed by atoms with E-state index in [0.717, 1.165) is 5.56 Å². The summed E-state index contributed by atoms with van der Waals surface area (Å²) in [7, 11) is 0. The van der Waals surface area contributed by atoms with Crippen LogP contribution in [0.5, 0.6) is 0 Å². The fourth-order valence-corrected chi connectivity index (χ4v) is 1.89. The van der Waals surface area contributed by atoms with Crippen LogP contribution in [0.4, 0.5) is 0 Å². The van der Waals surface area contributed by atoms with Gasteiger partial charge in [0.05, 0.1) is 0 Å². The van der Waals surface area contributed by atoms with Gasteiger partial charge < -0.3 is 11.1 Å². The molecule has 94 valence electrons. The van der Waals surface area contributed by atoms with Crippen LogP contribution in [0.25, 0.3) is 0 Å². The molecule has 0 spiro atoms. The second kappa shape index (κ2) is 5.71. The number of carbonyl (C=O) groups excluding carboxylic acids is 1. The normalized spacial score (nSPS) is 11.5. The number of amides is 1. The van der Waals surface area contributed by atoms with E-state index in [1.807, 2.05) is 13.8 Å². The topological polar surface area (TPSA) is 55.1 Å². The zero-order valence-electron chi connectivity index (χ0n) is 9.89. The van der Waals surface area contributed by atoms with Gasteiger partial charge in [0.1, 0.15) is 0 Å². The highest BCUT2D eigenvalue weighted by molar-refractivity contribution is 6.33. The molecule has 0 atom stereocenters. The molecule has 1 amide bonds. The summed E-state index contributed by atoms with van der Waals surface area (Å²) in [4.78, 5) is 10.9. The minimum absolute atomic E-state index is 0.269. The Hall–Kier alpha value is -0.770. The van der Waals surface area contributed by atoms with Crippen molar-refractivity contribution in [2.45, 2.75) is 32.4 Å². The Morgan fingerprint density at radius 2 is 2.06 bits per heavy atom. The molecule has 0 aliphatic carbocycles. The Balaban J connectivity index is 2.66. The Bertz CT molecular complexity index is 419. The average Bonchev–Trinajstić information content (AvgIpc) is 2.17. The fraction of sp³-hybridized carbons (Fsp3) is 0.417. The maximum Gasteiger partial charge on any atom is 0.219 e. The molecule has 3 N–H and O–H groups in total. The molecule has 0 aliphatic heterocycles. The van der Waals surface area contributed by atoms with E-state index in [-0.39, 0.29) is 17.9 Å². The summed E-state index contributed by atoms with van der Waals surface area (Å²) in [5.41, 5.74) is 5.71. The van der Waals surface area contributed by atoms with Gasteiger partial charge in [-0.1, -0.05) is 23.2 Å². The number of hydrogen-bond acceptors (Lipinski definition) is 2. The van der Waals surface area contributed by atoms with Crippen molar-refractivity contribution >= 4 is 29.1 Å². The van der Waals surface area contributed by atoms with Crippen molar-refractivity contribution in [3.63, 3.8) is 0 Å². The number of nitrogens with one attached hydrogen (secondary N) is 1. The van der Waals surface area contributed by atoms with Crippen LogP contribution >= 0.6 is 23.2 Å². The highest BCUT2D eigenvalue weighted by atomic mass is 35.5. The highest BCUT2D eigenvalue weighted by Gasteiger charge is 2.20. The standard InChI is InChI=1S/C12H16Cl2N2O/c1-12(2,6-11(15)17)16-7-8-5-9(13)3-4-10(8)14/h3-5,16H,6-7H2,1-2H3,(H2,15,17). The average molecular weight is 275 g/mol. The van der Waals surface area contributed by atoms with Crippen LogP contribution in [0.2, 0.25) is 10.0 Å². The molecule has 0 bridgehead atoms. The molecule has 0 aromatic heterocycles. The third-order valence-corrected chi connectivity index (χ3v) is 2.99. The smallest absolute Gasteiger partial charge is 0.219 e. The van der Waals surface area contributed by atoms with Crippen LogP contribution in [0.3, 0.4) is 0 Å². The molecule has 17 heavy (non-hydrogen) atoms. The number of primary amides is 1. The van der Waals surface area contributed by atoms with E-state index in [1.165, 1.54) is 0 Å². The molecule has 1 aromatic carbocycles. The number of rotatable bonds is 5. The molecule has 5 heteroatoms. The van der Waals surface area contributed by atoms with Crippen LogP contribution in [0.15, 0.2) is 18.2 Å². The predicted octanol–water partition coefficient (Wildman–Crippen LogP) is 2.74. The van der Waals surface area contributed by atoms with E-state index in [4.69, 9.17) is 28.9 Å². The molecule has 0 aliphatic rings. The van der Waals surface area contributed by atoms with E-state index in [0.29, 0.717) is 16.6 Å². The van der Waals surface area contributed by atoms with Crippen molar-refractivity contribution < 1.29 is 4.79 Å². The van der Waals surface area contributed by atoms with Gasteiger partial charge in [-0.3, -0.25) is 4.79 Å². The van der Waals surface area contributed by atoms with E-state index in [9.17, 15) is 4.79 Å². The van der Waals surface area contributed by atoms with Crippen molar-refractivity contribution in [2.24, 2.45) is 5.73 Å². The van der Waals surface area contributed by atoms with Gasteiger partial charge in [0.15, 0.2) is 0 Å². The van der Waals surface area contributed by atoms with Crippen molar-refractivity contribution in [2.75, 3.05) is 0 Å². The molecular formula is C12H16Cl2N2O. The van der Waals surface area contributed by atoms with Gasteiger partial charge in [0, 0.05) is 28.5 Å². The third-order valence-electron chi connectivity index (χ3n) is 2.38. The third kappa shape index (κ3) is 4.94. The second-order valence-corrected chi connectivity index (χ2v) is 5.46. The number of hydrogen-bond donors (Lipinski definition) is 2. The molecule has 3 nitrogen and oxygen atoms in total. The van der Waals surface area contributed by atoms with Crippen molar-refractivity contribution in [1.82, 2.24) is 5.32 Å². The van der Waals surface area contributed by atoms with E-state index >= 15 is 0 Å². The predicted molar refractivity (Wildman–Crippen MR) is 71.2 cm³/mol. The molecule has 1 rings (SSSR count). The maximum atomic E-state index is 10.9. The summed E-state index contributed by atoms with van der Waals surface area (Å²) in [6, 6.07) is 5.29. The van der Waals surface area contributed by atoms with Gasteiger partial charge in [-0.05, 0) is 37.6 Å². The molecule has 0 saturated heterocycles. The van der Waals surface area contributed by atoms with Crippen molar-refractivity contribution in [1.29, 1.82) is 0 Å².